The molecule has 3 aromatic rings. The van der Waals surface area contributed by atoms with Crippen molar-refractivity contribution in [3.8, 4) is 0 Å². The van der Waals surface area contributed by atoms with Crippen molar-refractivity contribution in [2.45, 2.75) is 6.92 Å². The fraction of sp³-hybridized carbons (Fsp3) is 0.0667. The standard InChI is InChI=1S/C15H13N5O3/c1-8-6-12(21)20-14(18-8)10(7-17-20)15(23)19-11-5-3-2-4-9(11)13(16)22/h2-7,17H,1H3,(H2,16,22)(H,19,23). The lowest BCUT2D eigenvalue weighted by atomic mass is 10.1. The number of carbonyl (C=O) groups excluding carboxylic acids is 2. The quantitative estimate of drug-likeness (QED) is 0.658. The van der Waals surface area contributed by atoms with Crippen LogP contribution in [0.4, 0.5) is 5.69 Å². The number of nitrogens with one attached hydrogen (secondary N) is 2. The molecule has 0 spiro atoms. The molecule has 0 saturated heterocycles. The van der Waals surface area contributed by atoms with Crippen LogP contribution in [0.5, 0.6) is 0 Å². The van der Waals surface area contributed by atoms with Crippen molar-refractivity contribution in [2.24, 2.45) is 5.73 Å². The molecule has 0 fully saturated rings. The number of para-hydroxylation sites is 1. The molecule has 0 aliphatic heterocycles. The fourth-order valence-electron chi connectivity index (χ4n) is 2.26. The van der Waals surface area contributed by atoms with E-state index >= 15 is 0 Å². The number of rotatable bonds is 3. The number of nitrogens with zero attached hydrogens (tertiary/aromatic N) is 2. The summed E-state index contributed by atoms with van der Waals surface area (Å²) in [5.74, 6) is -1.15. The van der Waals surface area contributed by atoms with Crippen molar-refractivity contribution < 1.29 is 9.59 Å². The van der Waals surface area contributed by atoms with Gasteiger partial charge in [-0.3, -0.25) is 19.5 Å². The first kappa shape index (κ1) is 14.5. The Morgan fingerprint density at radius 1 is 1.26 bits per heavy atom. The average Bonchev–Trinajstić information content (AvgIpc) is 2.91. The Morgan fingerprint density at radius 2 is 2.00 bits per heavy atom. The van der Waals surface area contributed by atoms with Gasteiger partial charge in [0.2, 0.25) is 0 Å². The zero-order valence-corrected chi connectivity index (χ0v) is 12.2. The zero-order chi connectivity index (χ0) is 16.6. The minimum absolute atomic E-state index is 0.185. The second-order valence-corrected chi connectivity index (χ2v) is 4.95. The van der Waals surface area contributed by atoms with Crippen molar-refractivity contribution in [1.29, 1.82) is 0 Å². The molecular formula is C15H13N5O3. The Morgan fingerprint density at radius 3 is 2.74 bits per heavy atom. The van der Waals surface area contributed by atoms with E-state index in [9.17, 15) is 14.4 Å². The van der Waals surface area contributed by atoms with Crippen molar-refractivity contribution >= 4 is 23.1 Å². The van der Waals surface area contributed by atoms with Crippen LogP contribution in [0, 0.1) is 6.92 Å². The fourth-order valence-corrected chi connectivity index (χ4v) is 2.26. The van der Waals surface area contributed by atoms with Gasteiger partial charge in [-0.15, -0.1) is 0 Å². The predicted octanol–water partition coefficient (Wildman–Crippen LogP) is 0.682. The highest BCUT2D eigenvalue weighted by Crippen LogP contribution is 2.16. The Labute approximate surface area is 129 Å². The number of H-pyrrole nitrogens is 1. The number of aromatic nitrogens is 3. The maximum Gasteiger partial charge on any atom is 0.272 e. The molecule has 2 amide bonds. The van der Waals surface area contributed by atoms with Gasteiger partial charge >= 0.3 is 0 Å². The van der Waals surface area contributed by atoms with Gasteiger partial charge in [0.15, 0.2) is 5.65 Å². The number of hydrogen-bond acceptors (Lipinski definition) is 4. The van der Waals surface area contributed by atoms with Crippen LogP contribution in [-0.2, 0) is 0 Å². The van der Waals surface area contributed by atoms with Gasteiger partial charge in [0.05, 0.1) is 11.3 Å². The predicted molar refractivity (Wildman–Crippen MR) is 83.5 cm³/mol. The van der Waals surface area contributed by atoms with E-state index in [0.717, 1.165) is 0 Å². The third-order valence-electron chi connectivity index (χ3n) is 3.31. The van der Waals surface area contributed by atoms with Crippen LogP contribution < -0.4 is 16.6 Å². The number of benzene rings is 1. The van der Waals surface area contributed by atoms with E-state index in [4.69, 9.17) is 5.73 Å². The van der Waals surface area contributed by atoms with E-state index in [2.05, 4.69) is 15.4 Å². The molecule has 1 aromatic carbocycles. The first-order valence-electron chi connectivity index (χ1n) is 6.75. The SMILES string of the molecule is Cc1cc(=O)n2[nH]cc(C(=O)Nc3ccccc3C(N)=O)c2n1. The minimum atomic E-state index is -0.648. The van der Waals surface area contributed by atoms with Crippen LogP contribution in [0.2, 0.25) is 0 Å². The molecule has 0 saturated carbocycles. The van der Waals surface area contributed by atoms with E-state index in [-0.39, 0.29) is 22.3 Å². The highest BCUT2D eigenvalue weighted by molar-refractivity contribution is 6.11. The molecule has 0 aliphatic carbocycles. The van der Waals surface area contributed by atoms with Gasteiger partial charge in [0, 0.05) is 18.0 Å². The van der Waals surface area contributed by atoms with E-state index in [0.29, 0.717) is 11.4 Å². The summed E-state index contributed by atoms with van der Waals surface area (Å²) in [4.78, 5) is 39.9. The first-order chi connectivity index (χ1) is 11.0. The van der Waals surface area contributed by atoms with Gasteiger partial charge in [-0.25, -0.2) is 9.50 Å². The topological polar surface area (TPSA) is 122 Å². The number of aromatic amines is 1. The van der Waals surface area contributed by atoms with E-state index < -0.39 is 11.8 Å². The summed E-state index contributed by atoms with van der Waals surface area (Å²) in [5, 5.41) is 5.29. The summed E-state index contributed by atoms with van der Waals surface area (Å²) in [5.41, 5.74) is 6.36. The van der Waals surface area contributed by atoms with E-state index in [1.807, 2.05) is 0 Å². The maximum absolute atomic E-state index is 12.4. The molecule has 4 N–H and O–H groups in total. The molecule has 2 heterocycles. The normalized spacial score (nSPS) is 10.7. The monoisotopic (exact) mass is 311 g/mol. The third kappa shape index (κ3) is 2.57. The molecule has 0 unspecified atom stereocenters. The first-order valence-corrected chi connectivity index (χ1v) is 6.75. The lowest BCUT2D eigenvalue weighted by molar-refractivity contribution is 0.100. The van der Waals surface area contributed by atoms with Crippen molar-refractivity contribution in [3.05, 3.63) is 63.7 Å². The van der Waals surface area contributed by atoms with Crippen LogP contribution >= 0.6 is 0 Å². The van der Waals surface area contributed by atoms with Crippen LogP contribution in [-0.4, -0.2) is 26.4 Å². The van der Waals surface area contributed by atoms with Crippen LogP contribution in [0.1, 0.15) is 26.4 Å². The van der Waals surface area contributed by atoms with Crippen molar-refractivity contribution in [1.82, 2.24) is 14.6 Å². The zero-order valence-electron chi connectivity index (χ0n) is 12.2. The molecular weight excluding hydrogens is 298 g/mol. The number of aryl methyl sites for hydroxylation is 1. The van der Waals surface area contributed by atoms with Crippen LogP contribution in [0.15, 0.2) is 41.3 Å². The molecule has 23 heavy (non-hydrogen) atoms. The van der Waals surface area contributed by atoms with Crippen molar-refractivity contribution in [2.75, 3.05) is 5.32 Å². The number of primary amides is 1. The number of anilines is 1. The average molecular weight is 311 g/mol. The number of hydrogen-bond donors (Lipinski definition) is 3. The largest absolute Gasteiger partial charge is 0.366 e. The number of carbonyl (C=O) groups is 2. The summed E-state index contributed by atoms with van der Waals surface area (Å²) >= 11 is 0. The van der Waals surface area contributed by atoms with Gasteiger partial charge in [0.25, 0.3) is 17.4 Å². The third-order valence-corrected chi connectivity index (χ3v) is 3.31. The van der Waals surface area contributed by atoms with Gasteiger partial charge in [-0.1, -0.05) is 12.1 Å². The molecule has 8 heteroatoms. The summed E-state index contributed by atoms with van der Waals surface area (Å²) in [6.07, 6.45) is 1.38. The Kier molecular flexibility index (Phi) is 3.41. The Hall–Kier alpha value is -3.42. The molecule has 116 valence electrons. The lowest BCUT2D eigenvalue weighted by Gasteiger charge is -2.07. The van der Waals surface area contributed by atoms with Gasteiger partial charge in [0.1, 0.15) is 5.56 Å². The molecule has 2 aromatic heterocycles. The molecule has 8 nitrogen and oxygen atoms in total. The second-order valence-electron chi connectivity index (χ2n) is 4.95. The Bertz CT molecular complexity index is 986. The number of nitrogens with two attached hydrogens (primary N) is 1. The second kappa shape index (κ2) is 5.41. The van der Waals surface area contributed by atoms with Crippen LogP contribution in [0.3, 0.4) is 0 Å². The number of amides is 2. The summed E-state index contributed by atoms with van der Waals surface area (Å²) < 4.78 is 1.17. The van der Waals surface area contributed by atoms with E-state index in [1.54, 1.807) is 25.1 Å². The Balaban J connectivity index is 2.03. The molecule has 0 aliphatic rings. The van der Waals surface area contributed by atoms with E-state index in [1.165, 1.54) is 22.8 Å². The number of fused-ring (bicyclic) bond motifs is 1. The molecule has 0 atom stereocenters. The summed E-state index contributed by atoms with van der Waals surface area (Å²) in [7, 11) is 0. The highest BCUT2D eigenvalue weighted by Gasteiger charge is 2.17. The van der Waals surface area contributed by atoms with Crippen LogP contribution in [0.25, 0.3) is 5.65 Å². The minimum Gasteiger partial charge on any atom is -0.366 e. The highest BCUT2D eigenvalue weighted by atomic mass is 16.2. The summed E-state index contributed by atoms with van der Waals surface area (Å²) in [6, 6.07) is 7.75. The maximum atomic E-state index is 12.4. The lowest BCUT2D eigenvalue weighted by Crippen LogP contribution is -2.19. The van der Waals surface area contributed by atoms with Gasteiger partial charge in [-0.2, -0.15) is 0 Å². The van der Waals surface area contributed by atoms with Gasteiger partial charge in [-0.05, 0) is 19.1 Å². The van der Waals surface area contributed by atoms with Crippen molar-refractivity contribution in [3.63, 3.8) is 0 Å². The van der Waals surface area contributed by atoms with Gasteiger partial charge < -0.3 is 11.1 Å². The molecule has 0 radical (unpaired) electrons. The summed E-state index contributed by atoms with van der Waals surface area (Å²) in [6.45, 7) is 1.67. The molecule has 3 rings (SSSR count). The smallest absolute Gasteiger partial charge is 0.272 e. The molecule has 0 bridgehead atoms.